The van der Waals surface area contributed by atoms with Crippen LogP contribution in [0.3, 0.4) is 0 Å². The Labute approximate surface area is 124 Å². The van der Waals surface area contributed by atoms with E-state index < -0.39 is 0 Å². The van der Waals surface area contributed by atoms with Crippen molar-refractivity contribution < 1.29 is 4.74 Å². The predicted molar refractivity (Wildman–Crippen MR) is 85.3 cm³/mol. The highest BCUT2D eigenvalue weighted by molar-refractivity contribution is 5.79. The van der Waals surface area contributed by atoms with Crippen LogP contribution in [0.2, 0.25) is 0 Å². The Bertz CT molecular complexity index is 293. The summed E-state index contributed by atoms with van der Waals surface area (Å²) < 4.78 is 5.44. The van der Waals surface area contributed by atoms with Gasteiger partial charge in [0.05, 0.1) is 13.2 Å². The van der Waals surface area contributed by atoms with Crippen molar-refractivity contribution in [3.63, 3.8) is 0 Å². The summed E-state index contributed by atoms with van der Waals surface area (Å²) in [7, 11) is 2.11. The molecule has 0 aliphatic carbocycles. The van der Waals surface area contributed by atoms with Gasteiger partial charge in [-0.05, 0) is 34.1 Å². The van der Waals surface area contributed by atoms with E-state index in [9.17, 15) is 0 Å². The average Bonchev–Trinajstić information content (AvgIpc) is 2.84. The van der Waals surface area contributed by atoms with Crippen LogP contribution in [0.15, 0.2) is 4.99 Å². The molecule has 0 aromatic heterocycles. The average molecular weight is 284 g/mol. The van der Waals surface area contributed by atoms with Gasteiger partial charge in [-0.3, -0.25) is 4.99 Å². The van der Waals surface area contributed by atoms with Crippen molar-refractivity contribution in [2.45, 2.75) is 39.7 Å². The summed E-state index contributed by atoms with van der Waals surface area (Å²) in [5, 5.41) is 6.82. The van der Waals surface area contributed by atoms with Crippen LogP contribution < -0.4 is 10.6 Å². The van der Waals surface area contributed by atoms with E-state index in [2.05, 4.69) is 55.3 Å². The van der Waals surface area contributed by atoms with Crippen molar-refractivity contribution in [3.05, 3.63) is 0 Å². The lowest BCUT2D eigenvalue weighted by Crippen LogP contribution is -2.42. The molecule has 1 unspecified atom stereocenters. The van der Waals surface area contributed by atoms with Crippen LogP contribution in [0.1, 0.15) is 34.1 Å². The van der Waals surface area contributed by atoms with E-state index in [1.54, 1.807) is 0 Å². The number of rotatable bonds is 6. The van der Waals surface area contributed by atoms with Gasteiger partial charge in [-0.25, -0.2) is 0 Å². The number of hydrogen-bond acceptors (Lipinski definition) is 3. The lowest BCUT2D eigenvalue weighted by atomic mass is 10.1. The zero-order chi connectivity index (χ0) is 15.0. The van der Waals surface area contributed by atoms with E-state index in [4.69, 9.17) is 4.74 Å². The Hall–Kier alpha value is -0.810. The van der Waals surface area contributed by atoms with Crippen LogP contribution in [-0.4, -0.2) is 62.8 Å². The molecular formula is C15H32N4O. The van der Waals surface area contributed by atoms with Crippen LogP contribution in [-0.2, 0) is 4.74 Å². The molecule has 0 bridgehead atoms. The second kappa shape index (κ2) is 8.47. The maximum atomic E-state index is 5.44. The molecule has 1 fully saturated rings. The summed E-state index contributed by atoms with van der Waals surface area (Å²) in [5.74, 6) is 1.63. The molecule has 0 radical (unpaired) electrons. The molecule has 0 saturated carbocycles. The molecule has 1 rings (SSSR count). The molecule has 1 saturated heterocycles. The van der Waals surface area contributed by atoms with Crippen molar-refractivity contribution in [3.8, 4) is 0 Å². The minimum absolute atomic E-state index is 0.154. The van der Waals surface area contributed by atoms with Gasteiger partial charge in [0, 0.05) is 44.7 Å². The number of aliphatic imine (C=N–C) groups is 1. The zero-order valence-electron chi connectivity index (χ0n) is 13.8. The highest BCUT2D eigenvalue weighted by Crippen LogP contribution is 2.13. The van der Waals surface area contributed by atoms with E-state index in [0.29, 0.717) is 5.92 Å². The first-order valence-electron chi connectivity index (χ1n) is 7.74. The number of ether oxygens (including phenoxy) is 1. The first-order valence-corrected chi connectivity index (χ1v) is 7.74. The second-order valence-corrected chi connectivity index (χ2v) is 6.52. The van der Waals surface area contributed by atoms with Gasteiger partial charge in [-0.2, -0.15) is 0 Å². The molecule has 2 N–H and O–H groups in total. The Morgan fingerprint density at radius 3 is 2.70 bits per heavy atom. The van der Waals surface area contributed by atoms with Crippen LogP contribution in [0.25, 0.3) is 0 Å². The van der Waals surface area contributed by atoms with Gasteiger partial charge < -0.3 is 20.3 Å². The number of nitrogens with one attached hydrogen (secondary N) is 2. The molecule has 118 valence electrons. The molecule has 1 atom stereocenters. The Morgan fingerprint density at radius 2 is 2.15 bits per heavy atom. The van der Waals surface area contributed by atoms with E-state index in [-0.39, 0.29) is 5.54 Å². The van der Waals surface area contributed by atoms with Gasteiger partial charge in [0.15, 0.2) is 5.96 Å². The highest BCUT2D eigenvalue weighted by Gasteiger charge is 2.19. The molecule has 1 heterocycles. The molecule has 1 aliphatic rings. The fourth-order valence-electron chi connectivity index (χ4n) is 2.26. The van der Waals surface area contributed by atoms with Crippen molar-refractivity contribution in [2.75, 3.05) is 46.4 Å². The van der Waals surface area contributed by atoms with Gasteiger partial charge >= 0.3 is 0 Å². The minimum atomic E-state index is 0.154. The first-order chi connectivity index (χ1) is 9.42. The Balaban J connectivity index is 2.40. The summed E-state index contributed by atoms with van der Waals surface area (Å²) in [6.07, 6.45) is 1.16. The largest absolute Gasteiger partial charge is 0.381 e. The van der Waals surface area contributed by atoms with Gasteiger partial charge in [0.1, 0.15) is 0 Å². The van der Waals surface area contributed by atoms with Crippen LogP contribution in [0.5, 0.6) is 0 Å². The van der Waals surface area contributed by atoms with Crippen LogP contribution in [0, 0.1) is 5.92 Å². The topological polar surface area (TPSA) is 48.9 Å². The first kappa shape index (κ1) is 17.2. The van der Waals surface area contributed by atoms with Gasteiger partial charge in [0.2, 0.25) is 0 Å². The normalized spacial score (nSPS) is 20.2. The van der Waals surface area contributed by atoms with E-state index in [1.807, 2.05) is 0 Å². The molecule has 0 amide bonds. The fourth-order valence-corrected chi connectivity index (χ4v) is 2.26. The SMILES string of the molecule is CCNC(=NCCNC(C)(C)C)N(C)CC1CCOC1. The third kappa shape index (κ3) is 7.10. The van der Waals surface area contributed by atoms with Crippen molar-refractivity contribution >= 4 is 5.96 Å². The maximum Gasteiger partial charge on any atom is 0.193 e. The zero-order valence-corrected chi connectivity index (χ0v) is 13.8. The smallest absolute Gasteiger partial charge is 0.193 e. The minimum Gasteiger partial charge on any atom is -0.381 e. The van der Waals surface area contributed by atoms with E-state index >= 15 is 0 Å². The van der Waals surface area contributed by atoms with Crippen molar-refractivity contribution in [1.29, 1.82) is 0 Å². The molecule has 0 aromatic rings. The van der Waals surface area contributed by atoms with E-state index in [1.165, 1.54) is 0 Å². The Morgan fingerprint density at radius 1 is 1.40 bits per heavy atom. The summed E-state index contributed by atoms with van der Waals surface area (Å²) in [6, 6.07) is 0. The number of hydrogen-bond donors (Lipinski definition) is 2. The molecular weight excluding hydrogens is 252 g/mol. The van der Waals surface area contributed by atoms with Crippen LogP contribution in [0.4, 0.5) is 0 Å². The lowest BCUT2D eigenvalue weighted by Gasteiger charge is -2.25. The summed E-state index contributed by atoms with van der Waals surface area (Å²) in [5.41, 5.74) is 0.154. The molecule has 5 nitrogen and oxygen atoms in total. The second-order valence-electron chi connectivity index (χ2n) is 6.52. The number of guanidine groups is 1. The lowest BCUT2D eigenvalue weighted by molar-refractivity contribution is 0.181. The van der Waals surface area contributed by atoms with Gasteiger partial charge in [-0.1, -0.05) is 0 Å². The molecule has 5 heteroatoms. The maximum absolute atomic E-state index is 5.44. The Kier molecular flexibility index (Phi) is 7.30. The quantitative estimate of drug-likeness (QED) is 0.439. The van der Waals surface area contributed by atoms with E-state index in [0.717, 1.165) is 51.8 Å². The fraction of sp³-hybridized carbons (Fsp3) is 0.933. The van der Waals surface area contributed by atoms with Crippen LogP contribution >= 0.6 is 0 Å². The summed E-state index contributed by atoms with van der Waals surface area (Å²) >= 11 is 0. The third-order valence-corrected chi connectivity index (χ3v) is 3.28. The van der Waals surface area contributed by atoms with Crippen molar-refractivity contribution in [2.24, 2.45) is 10.9 Å². The molecule has 20 heavy (non-hydrogen) atoms. The number of nitrogens with zero attached hydrogens (tertiary/aromatic N) is 2. The van der Waals surface area contributed by atoms with Gasteiger partial charge in [0.25, 0.3) is 0 Å². The highest BCUT2D eigenvalue weighted by atomic mass is 16.5. The monoisotopic (exact) mass is 284 g/mol. The molecule has 1 aliphatic heterocycles. The van der Waals surface area contributed by atoms with Gasteiger partial charge in [-0.15, -0.1) is 0 Å². The standard InChI is InChI=1S/C15H32N4O/c1-6-16-14(17-8-9-18-15(2,3)4)19(5)11-13-7-10-20-12-13/h13,18H,6-12H2,1-5H3,(H,16,17). The predicted octanol–water partition coefficient (Wildman–Crippen LogP) is 1.31. The summed E-state index contributed by atoms with van der Waals surface area (Å²) in [6.45, 7) is 14.0. The third-order valence-electron chi connectivity index (χ3n) is 3.28. The van der Waals surface area contributed by atoms with Crippen molar-refractivity contribution in [1.82, 2.24) is 15.5 Å². The molecule has 0 spiro atoms. The summed E-state index contributed by atoms with van der Waals surface area (Å²) in [4.78, 5) is 6.91. The molecule has 0 aromatic carbocycles.